The Morgan fingerprint density at radius 2 is 2.09 bits per heavy atom. The molecular formula is C9H10WY-2. The number of hydrogen-bond acceptors (Lipinski definition) is 0. The average Bonchev–Trinajstić information content (AvgIpc) is 1.89. The molecule has 11 heavy (non-hydrogen) atoms. The maximum absolute atomic E-state index is 3.02. The minimum Gasteiger partial charge on any atom is -0.300 e. The Kier molecular flexibility index (Phi) is 9.86. The fourth-order valence-electron chi connectivity index (χ4n) is 0.832. The van der Waals surface area contributed by atoms with Crippen molar-refractivity contribution in [1.82, 2.24) is 0 Å². The fourth-order valence-corrected chi connectivity index (χ4v) is 0.832. The molecule has 0 atom stereocenters. The molecule has 1 rings (SSSR count). The fraction of sp³-hybridized carbons (Fsp3) is 0.222. The predicted octanol–water partition coefficient (Wildman–Crippen LogP) is 2.36. The van der Waals surface area contributed by atoms with Gasteiger partial charge in [-0.3, -0.25) is 17.7 Å². The topological polar surface area (TPSA) is 0 Å². The number of benzene rings is 1. The minimum absolute atomic E-state index is 0. The van der Waals surface area contributed by atoms with Crippen LogP contribution in [0.5, 0.6) is 0 Å². The Bertz CT molecular complexity index is 199. The van der Waals surface area contributed by atoms with Crippen LogP contribution in [0.25, 0.3) is 0 Å². The standard InChI is InChI=1S/C9H10.W.Y/c1-3-9-7-5-4-6-8(9)2;;/h3-4,6-7H,1-2H3;;/q-2;;. The largest absolute Gasteiger partial charge is 0.300 e. The summed E-state index contributed by atoms with van der Waals surface area (Å²) in [6.45, 7) is 4.14. The Balaban J connectivity index is 0. The van der Waals surface area contributed by atoms with Gasteiger partial charge in [0, 0.05) is 53.8 Å². The number of hydrogen-bond donors (Lipinski definition) is 0. The molecule has 0 saturated heterocycles. The quantitative estimate of drug-likeness (QED) is 0.646. The molecule has 0 spiro atoms. The maximum atomic E-state index is 3.02. The average molecular weight is 391 g/mol. The maximum Gasteiger partial charge on any atom is 0 e. The van der Waals surface area contributed by atoms with Crippen LogP contribution < -0.4 is 0 Å². The smallest absolute Gasteiger partial charge is 0 e. The van der Waals surface area contributed by atoms with Crippen LogP contribution in [0.2, 0.25) is 0 Å². The van der Waals surface area contributed by atoms with Crippen LogP contribution in [-0.2, 0) is 53.8 Å². The second-order valence-electron chi connectivity index (χ2n) is 2.07. The van der Waals surface area contributed by atoms with Crippen LogP contribution in [0.4, 0.5) is 0 Å². The van der Waals surface area contributed by atoms with E-state index in [9.17, 15) is 0 Å². The van der Waals surface area contributed by atoms with Crippen molar-refractivity contribution >= 4 is 0 Å². The van der Waals surface area contributed by atoms with Gasteiger partial charge in [-0.1, -0.05) is 0 Å². The molecule has 0 aliphatic rings. The van der Waals surface area contributed by atoms with Crippen molar-refractivity contribution in [1.29, 1.82) is 0 Å². The van der Waals surface area contributed by atoms with E-state index in [2.05, 4.69) is 25.5 Å². The summed E-state index contributed by atoms with van der Waals surface area (Å²) >= 11 is 0. The molecule has 0 aliphatic heterocycles. The van der Waals surface area contributed by atoms with Crippen molar-refractivity contribution in [3.8, 4) is 0 Å². The van der Waals surface area contributed by atoms with Crippen molar-refractivity contribution in [3.05, 3.63) is 41.8 Å². The molecule has 1 aromatic rings. The molecule has 0 aliphatic carbocycles. The van der Waals surface area contributed by atoms with Gasteiger partial charge in [-0.05, 0) is 0 Å². The first kappa shape index (κ1) is 14.4. The van der Waals surface area contributed by atoms with Crippen molar-refractivity contribution in [2.75, 3.05) is 0 Å². The molecule has 1 aromatic carbocycles. The zero-order chi connectivity index (χ0) is 6.69. The summed E-state index contributed by atoms with van der Waals surface area (Å²) in [4.78, 5) is 0. The van der Waals surface area contributed by atoms with E-state index < -0.39 is 0 Å². The first-order valence-corrected chi connectivity index (χ1v) is 3.10. The number of rotatable bonds is 1. The van der Waals surface area contributed by atoms with E-state index in [4.69, 9.17) is 0 Å². The van der Waals surface area contributed by atoms with Crippen LogP contribution in [0, 0.1) is 19.4 Å². The van der Waals surface area contributed by atoms with E-state index in [1.807, 2.05) is 19.1 Å². The van der Waals surface area contributed by atoms with E-state index in [1.165, 1.54) is 11.1 Å². The van der Waals surface area contributed by atoms with E-state index in [1.54, 1.807) is 0 Å². The van der Waals surface area contributed by atoms with Gasteiger partial charge in [0.2, 0.25) is 0 Å². The SMILES string of the molecule is C[CH-]c1c[c-]ccc1C.[W].[Y]. The van der Waals surface area contributed by atoms with E-state index in [0.717, 1.165) is 0 Å². The van der Waals surface area contributed by atoms with Crippen LogP contribution in [-0.4, -0.2) is 0 Å². The second kappa shape index (κ2) is 7.53. The first-order valence-electron chi connectivity index (χ1n) is 3.10. The van der Waals surface area contributed by atoms with Crippen LogP contribution in [0.3, 0.4) is 0 Å². The van der Waals surface area contributed by atoms with E-state index in [0.29, 0.717) is 0 Å². The Morgan fingerprint density at radius 3 is 2.45 bits per heavy atom. The summed E-state index contributed by atoms with van der Waals surface area (Å²) in [5, 5.41) is 0. The van der Waals surface area contributed by atoms with Gasteiger partial charge in [0.25, 0.3) is 0 Å². The van der Waals surface area contributed by atoms with Gasteiger partial charge < -0.3 is 5.56 Å². The molecule has 0 fully saturated rings. The first-order chi connectivity index (χ1) is 4.34. The molecule has 0 nitrogen and oxygen atoms in total. The molecule has 57 valence electrons. The molecule has 2 heteroatoms. The van der Waals surface area contributed by atoms with Gasteiger partial charge in [0.1, 0.15) is 0 Å². The van der Waals surface area contributed by atoms with Crippen LogP contribution >= 0.6 is 0 Å². The van der Waals surface area contributed by atoms with Crippen molar-refractivity contribution in [3.63, 3.8) is 0 Å². The molecule has 0 unspecified atom stereocenters. The molecule has 0 amide bonds. The third-order valence-electron chi connectivity index (χ3n) is 1.43. The molecular weight excluding hydrogens is 381 g/mol. The molecule has 1 radical (unpaired) electrons. The monoisotopic (exact) mass is 391 g/mol. The molecule has 0 bridgehead atoms. The predicted molar refractivity (Wildman–Crippen MR) is 39.1 cm³/mol. The normalized spacial score (nSPS) is 7.45. The van der Waals surface area contributed by atoms with Gasteiger partial charge in [0.15, 0.2) is 0 Å². The van der Waals surface area contributed by atoms with Gasteiger partial charge in [-0.2, -0.15) is 0 Å². The van der Waals surface area contributed by atoms with Crippen molar-refractivity contribution in [2.45, 2.75) is 13.8 Å². The summed E-state index contributed by atoms with van der Waals surface area (Å²) in [6.07, 6.45) is 2.09. The van der Waals surface area contributed by atoms with E-state index >= 15 is 0 Å². The van der Waals surface area contributed by atoms with Crippen LogP contribution in [0.1, 0.15) is 18.1 Å². The summed E-state index contributed by atoms with van der Waals surface area (Å²) < 4.78 is 0. The van der Waals surface area contributed by atoms with Crippen molar-refractivity contribution < 1.29 is 53.8 Å². The zero-order valence-corrected chi connectivity index (χ0v) is 12.6. The summed E-state index contributed by atoms with van der Waals surface area (Å²) in [5.74, 6) is 0. The molecule has 0 N–H and O–H groups in total. The van der Waals surface area contributed by atoms with Gasteiger partial charge >= 0.3 is 0 Å². The third-order valence-corrected chi connectivity index (χ3v) is 1.43. The molecule has 0 heterocycles. The van der Waals surface area contributed by atoms with Gasteiger partial charge in [0.05, 0.1) is 0 Å². The van der Waals surface area contributed by atoms with Crippen molar-refractivity contribution in [2.24, 2.45) is 0 Å². The van der Waals surface area contributed by atoms with Gasteiger partial charge in [-0.15, -0.1) is 13.8 Å². The second-order valence-corrected chi connectivity index (χ2v) is 2.07. The van der Waals surface area contributed by atoms with Gasteiger partial charge in [-0.25, -0.2) is 18.6 Å². The third kappa shape index (κ3) is 4.45. The Morgan fingerprint density at radius 1 is 1.45 bits per heavy atom. The summed E-state index contributed by atoms with van der Waals surface area (Å²) in [6, 6.07) is 9.01. The zero-order valence-electron chi connectivity index (χ0n) is 6.79. The molecule has 0 aromatic heterocycles. The molecule has 0 saturated carbocycles. The Hall–Kier alpha value is 0.882. The minimum atomic E-state index is 0. The summed E-state index contributed by atoms with van der Waals surface area (Å²) in [5.41, 5.74) is 2.59. The van der Waals surface area contributed by atoms with E-state index in [-0.39, 0.29) is 53.8 Å². The number of aryl methyl sites for hydroxylation is 1. The Labute approximate surface area is 108 Å². The summed E-state index contributed by atoms with van der Waals surface area (Å²) in [7, 11) is 0. The van der Waals surface area contributed by atoms with Crippen LogP contribution in [0.15, 0.2) is 18.2 Å².